The van der Waals surface area contributed by atoms with Crippen molar-refractivity contribution in [2.45, 2.75) is 62.6 Å². The monoisotopic (exact) mass is 471 g/mol. The Morgan fingerprint density at radius 1 is 0.971 bits per heavy atom. The molecular formula is C28H29N3O4. The highest BCUT2D eigenvalue weighted by Gasteiger charge is 2.48. The number of amides is 3. The average Bonchev–Trinajstić information content (AvgIpc) is 3.54. The first-order chi connectivity index (χ1) is 17.0. The van der Waals surface area contributed by atoms with E-state index in [0.717, 1.165) is 50.1 Å². The van der Waals surface area contributed by atoms with Crippen molar-refractivity contribution in [2.75, 3.05) is 19.7 Å². The fourth-order valence-electron chi connectivity index (χ4n) is 7.01. The molecule has 2 saturated heterocycles. The normalized spacial score (nSPS) is 25.4. The van der Waals surface area contributed by atoms with Crippen LogP contribution in [-0.4, -0.2) is 59.3 Å². The van der Waals surface area contributed by atoms with Crippen LogP contribution in [0.5, 0.6) is 5.75 Å². The van der Waals surface area contributed by atoms with Gasteiger partial charge < -0.3 is 9.64 Å². The molecule has 2 aromatic carbocycles. The Morgan fingerprint density at radius 3 is 2.43 bits per heavy atom. The maximum Gasteiger partial charge on any atom is 0.255 e. The molecular weight excluding hydrogens is 442 g/mol. The zero-order valence-corrected chi connectivity index (χ0v) is 19.7. The molecule has 2 fully saturated rings. The molecule has 1 N–H and O–H groups in total. The summed E-state index contributed by atoms with van der Waals surface area (Å²) in [6.07, 6.45) is 5.02. The Balaban J connectivity index is 1.09. The van der Waals surface area contributed by atoms with Crippen molar-refractivity contribution < 1.29 is 19.1 Å². The van der Waals surface area contributed by atoms with E-state index < -0.39 is 6.04 Å². The van der Waals surface area contributed by atoms with E-state index >= 15 is 0 Å². The van der Waals surface area contributed by atoms with Gasteiger partial charge in [-0.1, -0.05) is 30.3 Å². The molecule has 0 bridgehead atoms. The van der Waals surface area contributed by atoms with Crippen molar-refractivity contribution in [3.05, 3.63) is 64.2 Å². The quantitative estimate of drug-likeness (QED) is 0.681. The van der Waals surface area contributed by atoms with E-state index in [9.17, 15) is 14.4 Å². The minimum Gasteiger partial charge on any atom is -0.492 e. The molecule has 4 aliphatic heterocycles. The second-order valence-electron chi connectivity index (χ2n) is 10.8. The van der Waals surface area contributed by atoms with Gasteiger partial charge in [0.2, 0.25) is 11.8 Å². The molecule has 3 amide bonds. The summed E-state index contributed by atoms with van der Waals surface area (Å²) in [5.74, 6) is 0.0668. The molecule has 0 saturated carbocycles. The highest BCUT2D eigenvalue weighted by atomic mass is 16.5. The lowest BCUT2D eigenvalue weighted by atomic mass is 9.73. The van der Waals surface area contributed by atoms with Crippen molar-refractivity contribution in [3.8, 4) is 5.75 Å². The van der Waals surface area contributed by atoms with Gasteiger partial charge >= 0.3 is 0 Å². The summed E-state index contributed by atoms with van der Waals surface area (Å²) < 4.78 is 6.32. The van der Waals surface area contributed by atoms with Gasteiger partial charge in [-0.2, -0.15) is 0 Å². The molecule has 5 aliphatic rings. The second-order valence-corrected chi connectivity index (χ2v) is 10.8. The summed E-state index contributed by atoms with van der Waals surface area (Å²) >= 11 is 0. The maximum atomic E-state index is 13.2. The van der Waals surface area contributed by atoms with Gasteiger partial charge in [-0.05, 0) is 62.4 Å². The van der Waals surface area contributed by atoms with Gasteiger partial charge in [0.15, 0.2) is 0 Å². The molecule has 7 heteroatoms. The summed E-state index contributed by atoms with van der Waals surface area (Å²) in [6, 6.07) is 12.8. The van der Waals surface area contributed by atoms with Gasteiger partial charge in [-0.25, -0.2) is 0 Å². The largest absolute Gasteiger partial charge is 0.492 e. The van der Waals surface area contributed by atoms with Crippen LogP contribution in [0.25, 0.3) is 0 Å². The predicted octanol–water partition coefficient (Wildman–Crippen LogP) is 2.34. The highest BCUT2D eigenvalue weighted by Crippen LogP contribution is 2.50. The molecule has 1 atom stereocenters. The molecule has 0 unspecified atom stereocenters. The van der Waals surface area contributed by atoms with Crippen molar-refractivity contribution in [1.29, 1.82) is 0 Å². The van der Waals surface area contributed by atoms with Crippen molar-refractivity contribution in [1.82, 2.24) is 15.1 Å². The van der Waals surface area contributed by atoms with Gasteiger partial charge in [0.1, 0.15) is 11.8 Å². The molecule has 0 radical (unpaired) electrons. The van der Waals surface area contributed by atoms with Crippen LogP contribution in [0.1, 0.15) is 58.3 Å². The fourth-order valence-corrected chi connectivity index (χ4v) is 7.01. The lowest BCUT2D eigenvalue weighted by molar-refractivity contribution is -0.136. The van der Waals surface area contributed by atoms with Crippen molar-refractivity contribution in [3.63, 3.8) is 0 Å². The Kier molecular flexibility index (Phi) is 4.62. The van der Waals surface area contributed by atoms with E-state index in [-0.39, 0.29) is 29.6 Å². The maximum absolute atomic E-state index is 13.2. The molecule has 35 heavy (non-hydrogen) atoms. The smallest absolute Gasteiger partial charge is 0.255 e. The van der Waals surface area contributed by atoms with E-state index in [1.54, 1.807) is 4.90 Å². The van der Waals surface area contributed by atoms with Gasteiger partial charge in [-0.15, -0.1) is 0 Å². The predicted molar refractivity (Wildman–Crippen MR) is 128 cm³/mol. The number of carbonyl (C=O) groups excluding carboxylic acids is 3. The van der Waals surface area contributed by atoms with E-state index in [0.29, 0.717) is 31.2 Å². The first kappa shape index (κ1) is 21.1. The molecule has 180 valence electrons. The molecule has 1 aliphatic carbocycles. The number of benzene rings is 2. The fraction of sp³-hybridized carbons (Fsp3) is 0.464. The zero-order valence-electron chi connectivity index (χ0n) is 19.7. The van der Waals surface area contributed by atoms with Crippen LogP contribution < -0.4 is 10.1 Å². The number of hydrogen-bond donors (Lipinski definition) is 1. The molecule has 1 spiro atoms. The van der Waals surface area contributed by atoms with E-state index in [4.69, 9.17) is 4.74 Å². The first-order valence-electron chi connectivity index (χ1n) is 12.8. The van der Waals surface area contributed by atoms with Crippen LogP contribution in [0.3, 0.4) is 0 Å². The van der Waals surface area contributed by atoms with E-state index in [2.05, 4.69) is 40.5 Å². The third-order valence-corrected chi connectivity index (χ3v) is 9.03. The molecule has 7 rings (SSSR count). The van der Waals surface area contributed by atoms with Crippen LogP contribution >= 0.6 is 0 Å². The highest BCUT2D eigenvalue weighted by molar-refractivity contribution is 6.05. The number of likely N-dealkylation sites (tertiary alicyclic amines) is 1. The Morgan fingerprint density at radius 2 is 1.71 bits per heavy atom. The van der Waals surface area contributed by atoms with Gasteiger partial charge in [0.05, 0.1) is 13.2 Å². The SMILES string of the molecule is O=C1CC[C@H](N2Cc3c(ccc4c3OCC43CCN(C4Cc5ccccc5C4)CC3)C2=O)C(=O)N1. The van der Waals surface area contributed by atoms with E-state index in [1.165, 1.54) is 16.7 Å². The molecule has 7 nitrogen and oxygen atoms in total. The number of hydrogen-bond acceptors (Lipinski definition) is 5. The summed E-state index contributed by atoms with van der Waals surface area (Å²) in [4.78, 5) is 41.4. The summed E-state index contributed by atoms with van der Waals surface area (Å²) in [6.45, 7) is 3.13. The van der Waals surface area contributed by atoms with Crippen LogP contribution in [0.15, 0.2) is 36.4 Å². The number of ether oxygens (including phenoxy) is 1. The van der Waals surface area contributed by atoms with Gasteiger partial charge in [-0.3, -0.25) is 24.6 Å². The molecule has 4 heterocycles. The number of carbonyl (C=O) groups is 3. The Hall–Kier alpha value is -3.19. The lowest BCUT2D eigenvalue weighted by Gasteiger charge is -2.41. The number of rotatable bonds is 2. The topological polar surface area (TPSA) is 79.0 Å². The van der Waals surface area contributed by atoms with Crippen molar-refractivity contribution in [2.24, 2.45) is 0 Å². The molecule has 2 aromatic rings. The average molecular weight is 472 g/mol. The number of nitrogens with zero attached hydrogens (tertiary/aromatic N) is 2. The lowest BCUT2D eigenvalue weighted by Crippen LogP contribution is -2.52. The van der Waals surface area contributed by atoms with Crippen LogP contribution in [0.2, 0.25) is 0 Å². The number of piperidine rings is 2. The number of nitrogens with one attached hydrogen (secondary N) is 1. The van der Waals surface area contributed by atoms with Crippen LogP contribution in [-0.2, 0) is 34.4 Å². The van der Waals surface area contributed by atoms with Gasteiger partial charge in [0, 0.05) is 34.6 Å². The van der Waals surface area contributed by atoms with Crippen molar-refractivity contribution >= 4 is 17.7 Å². The second kappa shape index (κ2) is 7.65. The summed E-state index contributed by atoms with van der Waals surface area (Å²) in [7, 11) is 0. The molecule has 0 aromatic heterocycles. The Labute approximate surface area is 204 Å². The minimum absolute atomic E-state index is 0.00256. The number of imide groups is 1. The third-order valence-electron chi connectivity index (χ3n) is 9.03. The minimum atomic E-state index is -0.600. The number of fused-ring (bicyclic) bond motifs is 5. The van der Waals surface area contributed by atoms with E-state index in [1.807, 2.05) is 6.07 Å². The van der Waals surface area contributed by atoms with Crippen LogP contribution in [0, 0.1) is 0 Å². The van der Waals surface area contributed by atoms with Crippen LogP contribution in [0.4, 0.5) is 0 Å². The van der Waals surface area contributed by atoms with Gasteiger partial charge in [0.25, 0.3) is 5.91 Å². The summed E-state index contributed by atoms with van der Waals surface area (Å²) in [5, 5.41) is 2.38. The Bertz CT molecular complexity index is 1240. The summed E-state index contributed by atoms with van der Waals surface area (Å²) in [5.41, 5.74) is 5.75. The first-order valence-corrected chi connectivity index (χ1v) is 12.8. The third kappa shape index (κ3) is 3.17. The standard InChI is InChI=1S/C28H29N3O4/c32-24-8-7-23(26(33)29-24)31-15-21-20(27(31)34)5-6-22-25(21)35-16-28(22)9-11-30(12-10-28)19-13-17-3-1-2-4-18(17)14-19/h1-6,19,23H,7-16H2,(H,29,32,33)/t23-/m0/s1. The zero-order chi connectivity index (χ0) is 23.7.